The van der Waals surface area contributed by atoms with Crippen LogP contribution in [-0.4, -0.2) is 17.3 Å². The zero-order valence-electron chi connectivity index (χ0n) is 7.83. The Hall–Kier alpha value is -0.640. The summed E-state index contributed by atoms with van der Waals surface area (Å²) < 4.78 is 0. The lowest BCUT2D eigenvalue weighted by Gasteiger charge is -2.04. The molecular formula is C10H8Cl2O2S. The standard InChI is InChI=1S/C10H8Cl2O2S/c1-15-9-5-7(11)6(4-8(9)12)2-3-10(13)14/h2-5H,1H3,(H,13,14). The van der Waals surface area contributed by atoms with Crippen molar-refractivity contribution < 1.29 is 9.90 Å². The quantitative estimate of drug-likeness (QED) is 0.665. The molecule has 0 heterocycles. The van der Waals surface area contributed by atoms with Crippen molar-refractivity contribution in [2.24, 2.45) is 0 Å². The number of aliphatic carboxylic acids is 1. The van der Waals surface area contributed by atoms with Crippen molar-refractivity contribution in [2.45, 2.75) is 4.90 Å². The average molecular weight is 263 g/mol. The van der Waals surface area contributed by atoms with Gasteiger partial charge in [0.15, 0.2) is 0 Å². The van der Waals surface area contributed by atoms with Gasteiger partial charge in [-0.15, -0.1) is 11.8 Å². The number of carboxylic acids is 1. The lowest BCUT2D eigenvalue weighted by atomic mass is 10.2. The molecule has 0 aliphatic heterocycles. The zero-order chi connectivity index (χ0) is 11.4. The molecule has 0 saturated carbocycles. The molecule has 0 unspecified atom stereocenters. The summed E-state index contributed by atoms with van der Waals surface area (Å²) in [6.45, 7) is 0. The van der Waals surface area contributed by atoms with Crippen LogP contribution in [0.2, 0.25) is 10.0 Å². The van der Waals surface area contributed by atoms with Gasteiger partial charge >= 0.3 is 5.97 Å². The molecule has 1 aromatic carbocycles. The number of rotatable bonds is 3. The number of carbonyl (C=O) groups is 1. The van der Waals surface area contributed by atoms with Gasteiger partial charge in [0.05, 0.1) is 5.02 Å². The van der Waals surface area contributed by atoms with Crippen LogP contribution in [0.1, 0.15) is 5.56 Å². The highest BCUT2D eigenvalue weighted by Gasteiger charge is 2.04. The molecule has 5 heteroatoms. The van der Waals surface area contributed by atoms with Crippen LogP contribution in [0.4, 0.5) is 0 Å². The van der Waals surface area contributed by atoms with Gasteiger partial charge in [-0.3, -0.25) is 0 Å². The normalized spacial score (nSPS) is 10.9. The van der Waals surface area contributed by atoms with Crippen molar-refractivity contribution in [1.82, 2.24) is 0 Å². The molecule has 0 aromatic heterocycles. The van der Waals surface area contributed by atoms with Gasteiger partial charge in [-0.05, 0) is 30.0 Å². The maximum absolute atomic E-state index is 10.3. The number of hydrogen-bond acceptors (Lipinski definition) is 2. The van der Waals surface area contributed by atoms with E-state index < -0.39 is 5.97 Å². The fourth-order valence-electron chi connectivity index (χ4n) is 0.989. The van der Waals surface area contributed by atoms with E-state index in [-0.39, 0.29) is 0 Å². The number of halogens is 2. The monoisotopic (exact) mass is 262 g/mol. The highest BCUT2D eigenvalue weighted by Crippen LogP contribution is 2.31. The molecule has 80 valence electrons. The molecule has 2 nitrogen and oxygen atoms in total. The van der Waals surface area contributed by atoms with Crippen LogP contribution in [0.25, 0.3) is 6.08 Å². The lowest BCUT2D eigenvalue weighted by Crippen LogP contribution is -1.86. The molecule has 0 bridgehead atoms. The molecule has 1 N–H and O–H groups in total. The summed E-state index contributed by atoms with van der Waals surface area (Å²) >= 11 is 13.4. The summed E-state index contributed by atoms with van der Waals surface area (Å²) in [6.07, 6.45) is 4.33. The summed E-state index contributed by atoms with van der Waals surface area (Å²) in [7, 11) is 0. The summed E-state index contributed by atoms with van der Waals surface area (Å²) in [5.74, 6) is -1.02. The Labute approximate surface area is 102 Å². The Morgan fingerprint density at radius 3 is 2.60 bits per heavy atom. The van der Waals surface area contributed by atoms with E-state index in [1.54, 1.807) is 12.1 Å². The van der Waals surface area contributed by atoms with Crippen LogP contribution < -0.4 is 0 Å². The van der Waals surface area contributed by atoms with E-state index in [1.807, 2.05) is 6.26 Å². The second-order valence-electron chi connectivity index (χ2n) is 2.68. The Bertz CT molecular complexity index is 416. The minimum Gasteiger partial charge on any atom is -0.478 e. The van der Waals surface area contributed by atoms with Crippen molar-refractivity contribution in [3.63, 3.8) is 0 Å². The van der Waals surface area contributed by atoms with Crippen molar-refractivity contribution >= 4 is 47.0 Å². The molecule has 0 atom stereocenters. The lowest BCUT2D eigenvalue weighted by molar-refractivity contribution is -0.131. The first-order chi connectivity index (χ1) is 7.04. The Morgan fingerprint density at radius 1 is 1.40 bits per heavy atom. The van der Waals surface area contributed by atoms with Gasteiger partial charge in [0.2, 0.25) is 0 Å². The van der Waals surface area contributed by atoms with E-state index >= 15 is 0 Å². The van der Waals surface area contributed by atoms with Crippen LogP contribution in [0.15, 0.2) is 23.1 Å². The van der Waals surface area contributed by atoms with Gasteiger partial charge in [0.1, 0.15) is 0 Å². The first-order valence-electron chi connectivity index (χ1n) is 3.98. The minimum absolute atomic E-state index is 0.487. The SMILES string of the molecule is CSc1cc(Cl)c(C=CC(=O)O)cc1Cl. The first kappa shape index (κ1) is 12.4. The third kappa shape index (κ3) is 3.45. The second-order valence-corrected chi connectivity index (χ2v) is 4.34. The van der Waals surface area contributed by atoms with Crippen LogP contribution in [0, 0.1) is 0 Å². The molecule has 0 aliphatic rings. The smallest absolute Gasteiger partial charge is 0.328 e. The topological polar surface area (TPSA) is 37.3 Å². The van der Waals surface area contributed by atoms with Gasteiger partial charge in [0.25, 0.3) is 0 Å². The van der Waals surface area contributed by atoms with E-state index in [1.165, 1.54) is 17.8 Å². The van der Waals surface area contributed by atoms with Gasteiger partial charge < -0.3 is 5.11 Å². The van der Waals surface area contributed by atoms with Crippen molar-refractivity contribution in [3.8, 4) is 0 Å². The third-order valence-corrected chi connectivity index (χ3v) is 3.21. The third-order valence-electron chi connectivity index (χ3n) is 1.68. The molecule has 0 fully saturated rings. The molecule has 1 rings (SSSR count). The Balaban J connectivity index is 3.10. The maximum Gasteiger partial charge on any atom is 0.328 e. The first-order valence-corrected chi connectivity index (χ1v) is 5.96. The largest absolute Gasteiger partial charge is 0.478 e. The van der Waals surface area contributed by atoms with E-state index in [0.29, 0.717) is 15.6 Å². The molecule has 15 heavy (non-hydrogen) atoms. The highest BCUT2D eigenvalue weighted by molar-refractivity contribution is 7.98. The highest BCUT2D eigenvalue weighted by atomic mass is 35.5. The Kier molecular flexibility index (Phi) is 4.51. The van der Waals surface area contributed by atoms with E-state index in [2.05, 4.69) is 0 Å². The van der Waals surface area contributed by atoms with Crippen molar-refractivity contribution in [1.29, 1.82) is 0 Å². The van der Waals surface area contributed by atoms with E-state index in [4.69, 9.17) is 28.3 Å². The fourth-order valence-corrected chi connectivity index (χ4v) is 2.17. The summed E-state index contributed by atoms with van der Waals surface area (Å²) in [5.41, 5.74) is 0.599. The predicted octanol–water partition coefficient (Wildman–Crippen LogP) is 3.81. The summed E-state index contributed by atoms with van der Waals surface area (Å²) in [5, 5.41) is 9.52. The van der Waals surface area contributed by atoms with Crippen LogP contribution in [0.3, 0.4) is 0 Å². The Morgan fingerprint density at radius 2 is 2.07 bits per heavy atom. The van der Waals surface area contributed by atoms with Crippen LogP contribution in [0.5, 0.6) is 0 Å². The van der Waals surface area contributed by atoms with E-state index in [0.717, 1.165) is 11.0 Å². The number of hydrogen-bond donors (Lipinski definition) is 1. The van der Waals surface area contributed by atoms with Gasteiger partial charge in [-0.1, -0.05) is 23.2 Å². The predicted molar refractivity (Wildman–Crippen MR) is 64.9 cm³/mol. The van der Waals surface area contributed by atoms with Gasteiger partial charge in [-0.25, -0.2) is 4.79 Å². The van der Waals surface area contributed by atoms with Crippen molar-refractivity contribution in [3.05, 3.63) is 33.8 Å². The average Bonchev–Trinajstić information content (AvgIpc) is 2.18. The molecule has 0 amide bonds. The summed E-state index contributed by atoms with van der Waals surface area (Å²) in [6, 6.07) is 3.37. The second kappa shape index (κ2) is 5.45. The molecule has 0 radical (unpaired) electrons. The number of thioether (sulfide) groups is 1. The molecular weight excluding hydrogens is 255 g/mol. The van der Waals surface area contributed by atoms with Crippen molar-refractivity contribution in [2.75, 3.05) is 6.26 Å². The molecule has 0 aliphatic carbocycles. The maximum atomic E-state index is 10.3. The van der Waals surface area contributed by atoms with E-state index in [9.17, 15) is 4.79 Å². The van der Waals surface area contributed by atoms with Crippen LogP contribution in [-0.2, 0) is 4.79 Å². The molecule has 1 aromatic rings. The molecule has 0 saturated heterocycles. The molecule has 0 spiro atoms. The van der Waals surface area contributed by atoms with Gasteiger partial charge in [-0.2, -0.15) is 0 Å². The minimum atomic E-state index is -1.02. The summed E-state index contributed by atoms with van der Waals surface area (Å²) in [4.78, 5) is 11.2. The number of benzene rings is 1. The number of carboxylic acid groups (broad SMARTS) is 1. The zero-order valence-corrected chi connectivity index (χ0v) is 10.2. The fraction of sp³-hybridized carbons (Fsp3) is 0.100. The van der Waals surface area contributed by atoms with Gasteiger partial charge in [0, 0.05) is 16.0 Å². The van der Waals surface area contributed by atoms with Crippen LogP contribution >= 0.6 is 35.0 Å².